The molecule has 0 saturated heterocycles. The van der Waals surface area contributed by atoms with Crippen molar-refractivity contribution in [2.75, 3.05) is 7.11 Å². The average Bonchev–Trinajstić information content (AvgIpc) is 2.69. The quantitative estimate of drug-likeness (QED) is 0.829. The Balaban J connectivity index is 1.99. The Hall–Kier alpha value is -1.22. The van der Waals surface area contributed by atoms with Crippen molar-refractivity contribution in [2.45, 2.75) is 44.2 Å². The van der Waals surface area contributed by atoms with E-state index in [1.807, 2.05) is 18.2 Å². The molecule has 1 aromatic carbocycles. The van der Waals surface area contributed by atoms with Crippen molar-refractivity contribution in [3.8, 4) is 11.5 Å². The second kappa shape index (κ2) is 4.16. The summed E-state index contributed by atoms with van der Waals surface area (Å²) in [5.41, 5.74) is 7.40. The standard InChI is InChI=1S/C15H21NO2/c1-10-4-3-7-15(10)9-13(16)12-6-5-11(17-2)8-14(12)18-15/h5-6,8,10,13H,3-4,7,9,16H2,1-2H3/t10?,13-,15?/m1/s1. The molecule has 2 N–H and O–H groups in total. The predicted octanol–water partition coefficient (Wildman–Crippen LogP) is 3.04. The van der Waals surface area contributed by atoms with E-state index in [0.717, 1.165) is 29.9 Å². The number of hydrogen-bond donors (Lipinski definition) is 1. The maximum atomic E-state index is 6.35. The molecule has 18 heavy (non-hydrogen) atoms. The lowest BCUT2D eigenvalue weighted by molar-refractivity contribution is 0.00648. The first kappa shape index (κ1) is 11.8. The van der Waals surface area contributed by atoms with Gasteiger partial charge in [-0.2, -0.15) is 0 Å². The maximum Gasteiger partial charge on any atom is 0.128 e. The summed E-state index contributed by atoms with van der Waals surface area (Å²) in [5.74, 6) is 2.34. The van der Waals surface area contributed by atoms with Gasteiger partial charge in [0.15, 0.2) is 0 Å². The fraction of sp³-hybridized carbons (Fsp3) is 0.600. The maximum absolute atomic E-state index is 6.35. The third-order valence-corrected chi connectivity index (χ3v) is 4.63. The van der Waals surface area contributed by atoms with Gasteiger partial charge in [0.2, 0.25) is 0 Å². The minimum absolute atomic E-state index is 0.0429. The number of rotatable bonds is 1. The third kappa shape index (κ3) is 1.69. The van der Waals surface area contributed by atoms with Gasteiger partial charge in [-0.3, -0.25) is 0 Å². The first-order valence-electron chi connectivity index (χ1n) is 6.77. The second-order valence-corrected chi connectivity index (χ2v) is 5.67. The molecule has 2 unspecified atom stereocenters. The summed E-state index contributed by atoms with van der Waals surface area (Å²) in [4.78, 5) is 0. The third-order valence-electron chi connectivity index (χ3n) is 4.63. The van der Waals surface area contributed by atoms with E-state index in [4.69, 9.17) is 15.2 Å². The molecule has 3 nitrogen and oxygen atoms in total. The molecule has 3 atom stereocenters. The van der Waals surface area contributed by atoms with E-state index in [9.17, 15) is 0 Å². The van der Waals surface area contributed by atoms with E-state index < -0.39 is 0 Å². The topological polar surface area (TPSA) is 44.5 Å². The Morgan fingerprint density at radius 2 is 2.28 bits per heavy atom. The SMILES string of the molecule is COc1ccc2c(c1)OC1(CCCC1C)C[C@H]2N. The van der Waals surface area contributed by atoms with Gasteiger partial charge < -0.3 is 15.2 Å². The second-order valence-electron chi connectivity index (χ2n) is 5.67. The summed E-state index contributed by atoms with van der Waals surface area (Å²) in [6.07, 6.45) is 4.55. The number of hydrogen-bond acceptors (Lipinski definition) is 3. The Bertz CT molecular complexity index is 460. The molecule has 1 aromatic rings. The zero-order chi connectivity index (χ0) is 12.8. The molecule has 3 heteroatoms. The number of nitrogens with two attached hydrogens (primary N) is 1. The van der Waals surface area contributed by atoms with Crippen LogP contribution in [-0.4, -0.2) is 12.7 Å². The zero-order valence-electron chi connectivity index (χ0n) is 11.1. The first-order valence-corrected chi connectivity index (χ1v) is 6.77. The molecular formula is C15H21NO2. The van der Waals surface area contributed by atoms with Gasteiger partial charge in [-0.1, -0.05) is 13.0 Å². The Morgan fingerprint density at radius 3 is 2.94 bits per heavy atom. The van der Waals surface area contributed by atoms with E-state index in [1.165, 1.54) is 12.8 Å². The van der Waals surface area contributed by atoms with Gasteiger partial charge >= 0.3 is 0 Å². The van der Waals surface area contributed by atoms with Crippen molar-refractivity contribution >= 4 is 0 Å². The molecule has 98 valence electrons. The van der Waals surface area contributed by atoms with Crippen molar-refractivity contribution in [3.63, 3.8) is 0 Å². The molecule has 1 aliphatic heterocycles. The van der Waals surface area contributed by atoms with Gasteiger partial charge in [0.1, 0.15) is 17.1 Å². The van der Waals surface area contributed by atoms with Crippen LogP contribution in [0.5, 0.6) is 11.5 Å². The van der Waals surface area contributed by atoms with E-state index >= 15 is 0 Å². The van der Waals surface area contributed by atoms with Gasteiger partial charge in [0.25, 0.3) is 0 Å². The summed E-state index contributed by atoms with van der Waals surface area (Å²) in [7, 11) is 1.68. The molecule has 0 radical (unpaired) electrons. The fourth-order valence-electron chi connectivity index (χ4n) is 3.45. The normalized spacial score (nSPS) is 34.2. The monoisotopic (exact) mass is 247 g/mol. The van der Waals surface area contributed by atoms with Gasteiger partial charge in [0.05, 0.1) is 7.11 Å². The zero-order valence-corrected chi connectivity index (χ0v) is 11.1. The number of methoxy groups -OCH3 is 1. The highest BCUT2D eigenvalue weighted by atomic mass is 16.5. The summed E-state index contributed by atoms with van der Waals surface area (Å²) in [6.45, 7) is 2.28. The summed E-state index contributed by atoms with van der Waals surface area (Å²) in [6, 6.07) is 6.05. The molecular weight excluding hydrogens is 226 g/mol. The molecule has 1 heterocycles. The van der Waals surface area contributed by atoms with Gasteiger partial charge in [0, 0.05) is 24.1 Å². The smallest absolute Gasteiger partial charge is 0.128 e. The van der Waals surface area contributed by atoms with Crippen LogP contribution in [0.3, 0.4) is 0 Å². The Kier molecular flexibility index (Phi) is 2.74. The Labute approximate surface area is 108 Å². The van der Waals surface area contributed by atoms with Crippen LogP contribution in [-0.2, 0) is 0 Å². The lowest BCUT2D eigenvalue weighted by Gasteiger charge is -2.41. The van der Waals surface area contributed by atoms with Crippen LogP contribution in [0, 0.1) is 5.92 Å². The van der Waals surface area contributed by atoms with Gasteiger partial charge in [-0.05, 0) is 31.2 Å². The number of ether oxygens (including phenoxy) is 2. The molecule has 0 amide bonds. The number of fused-ring (bicyclic) bond motifs is 1. The van der Waals surface area contributed by atoms with Crippen LogP contribution in [0.1, 0.15) is 44.2 Å². The first-order chi connectivity index (χ1) is 8.64. The predicted molar refractivity (Wildman–Crippen MR) is 70.9 cm³/mol. The summed E-state index contributed by atoms with van der Waals surface area (Å²) >= 11 is 0. The highest BCUT2D eigenvalue weighted by Crippen LogP contribution is 2.49. The van der Waals surface area contributed by atoms with Crippen molar-refractivity contribution in [1.82, 2.24) is 0 Å². The highest BCUT2D eigenvalue weighted by Gasteiger charge is 2.46. The summed E-state index contributed by atoms with van der Waals surface area (Å²) in [5, 5.41) is 0. The number of benzene rings is 1. The fourth-order valence-corrected chi connectivity index (χ4v) is 3.45. The van der Waals surface area contributed by atoms with E-state index in [-0.39, 0.29) is 11.6 Å². The van der Waals surface area contributed by atoms with Crippen LogP contribution in [0.15, 0.2) is 18.2 Å². The van der Waals surface area contributed by atoms with E-state index in [1.54, 1.807) is 7.11 Å². The minimum Gasteiger partial charge on any atom is -0.497 e. The lowest BCUT2D eigenvalue weighted by atomic mass is 9.81. The van der Waals surface area contributed by atoms with Gasteiger partial charge in [-0.15, -0.1) is 0 Å². The van der Waals surface area contributed by atoms with Crippen LogP contribution in [0.2, 0.25) is 0 Å². The Morgan fingerprint density at radius 1 is 1.44 bits per heavy atom. The minimum atomic E-state index is -0.0429. The molecule has 0 bridgehead atoms. The van der Waals surface area contributed by atoms with Crippen LogP contribution in [0.25, 0.3) is 0 Å². The van der Waals surface area contributed by atoms with Crippen molar-refractivity contribution in [3.05, 3.63) is 23.8 Å². The average molecular weight is 247 g/mol. The van der Waals surface area contributed by atoms with Gasteiger partial charge in [-0.25, -0.2) is 0 Å². The van der Waals surface area contributed by atoms with Crippen LogP contribution < -0.4 is 15.2 Å². The van der Waals surface area contributed by atoms with E-state index in [0.29, 0.717) is 5.92 Å². The van der Waals surface area contributed by atoms with Crippen LogP contribution >= 0.6 is 0 Å². The molecule has 0 aromatic heterocycles. The van der Waals surface area contributed by atoms with Crippen LogP contribution in [0.4, 0.5) is 0 Å². The molecule has 1 fully saturated rings. The summed E-state index contributed by atoms with van der Waals surface area (Å²) < 4.78 is 11.6. The van der Waals surface area contributed by atoms with E-state index in [2.05, 4.69) is 6.92 Å². The highest BCUT2D eigenvalue weighted by molar-refractivity contribution is 5.44. The van der Waals surface area contributed by atoms with Crippen molar-refractivity contribution in [1.29, 1.82) is 0 Å². The molecule has 1 aliphatic carbocycles. The molecule has 3 rings (SSSR count). The largest absolute Gasteiger partial charge is 0.497 e. The van der Waals surface area contributed by atoms with Crippen molar-refractivity contribution < 1.29 is 9.47 Å². The lowest BCUT2D eigenvalue weighted by Crippen LogP contribution is -2.44. The van der Waals surface area contributed by atoms with Crippen molar-refractivity contribution in [2.24, 2.45) is 11.7 Å². The molecule has 1 saturated carbocycles. The molecule has 1 spiro atoms. The molecule has 2 aliphatic rings.